The Bertz CT molecular complexity index is 525. The first-order valence-electron chi connectivity index (χ1n) is 7.40. The maximum Gasteiger partial charge on any atom is 0.251 e. The van der Waals surface area contributed by atoms with Crippen LogP contribution in [0.3, 0.4) is 0 Å². The van der Waals surface area contributed by atoms with E-state index in [1.165, 1.54) is 6.42 Å². The van der Waals surface area contributed by atoms with Crippen LogP contribution in [0, 0.1) is 6.92 Å². The summed E-state index contributed by atoms with van der Waals surface area (Å²) in [6.07, 6.45) is 3.77. The molecule has 1 saturated heterocycles. The lowest BCUT2D eigenvalue weighted by atomic mass is 10.1. The van der Waals surface area contributed by atoms with Gasteiger partial charge in [0.15, 0.2) is 0 Å². The zero-order valence-corrected chi connectivity index (χ0v) is 13.9. The topological polar surface area (TPSA) is 49.4 Å². The molecule has 1 aliphatic heterocycles. The van der Waals surface area contributed by atoms with Gasteiger partial charge in [-0.15, -0.1) is 0 Å². The van der Waals surface area contributed by atoms with Crippen LogP contribution in [0.2, 0.25) is 0 Å². The summed E-state index contributed by atoms with van der Waals surface area (Å²) in [4.78, 5) is 25.9. The summed E-state index contributed by atoms with van der Waals surface area (Å²) in [6, 6.07) is 5.50. The first-order valence-corrected chi connectivity index (χ1v) is 8.19. The van der Waals surface area contributed by atoms with Gasteiger partial charge in [-0.25, -0.2) is 0 Å². The van der Waals surface area contributed by atoms with Crippen molar-refractivity contribution in [3.05, 3.63) is 33.8 Å². The molecule has 1 aromatic rings. The fraction of sp³-hybridized carbons (Fsp3) is 0.500. The van der Waals surface area contributed by atoms with Gasteiger partial charge < -0.3 is 10.2 Å². The standard InChI is InChI=1S/C16H21BrN2O2/c1-12-5-6-13(11-14(12)17)16(21)18-8-7-15(20)19-9-3-2-4-10-19/h5-6,11H,2-4,7-10H2,1H3,(H,18,21). The number of carbonyl (C=O) groups excluding carboxylic acids is 2. The van der Waals surface area contributed by atoms with Gasteiger partial charge in [-0.1, -0.05) is 22.0 Å². The van der Waals surface area contributed by atoms with Crippen LogP contribution in [-0.4, -0.2) is 36.3 Å². The zero-order valence-electron chi connectivity index (χ0n) is 12.3. The second kappa shape index (κ2) is 7.59. The number of hydrogen-bond acceptors (Lipinski definition) is 2. The van der Waals surface area contributed by atoms with Crippen LogP contribution >= 0.6 is 15.9 Å². The first-order chi connectivity index (χ1) is 10.1. The third-order valence-electron chi connectivity index (χ3n) is 3.77. The van der Waals surface area contributed by atoms with E-state index < -0.39 is 0 Å². The van der Waals surface area contributed by atoms with Crippen molar-refractivity contribution >= 4 is 27.7 Å². The number of piperidine rings is 1. The molecule has 1 fully saturated rings. The number of nitrogens with zero attached hydrogens (tertiary/aromatic N) is 1. The van der Waals surface area contributed by atoms with Crippen LogP contribution in [0.15, 0.2) is 22.7 Å². The SMILES string of the molecule is Cc1ccc(C(=O)NCCC(=O)N2CCCCC2)cc1Br. The van der Waals surface area contributed by atoms with E-state index in [1.54, 1.807) is 12.1 Å². The van der Waals surface area contributed by atoms with E-state index in [9.17, 15) is 9.59 Å². The van der Waals surface area contributed by atoms with E-state index >= 15 is 0 Å². The second-order valence-corrected chi connectivity index (χ2v) is 6.27. The highest BCUT2D eigenvalue weighted by Crippen LogP contribution is 2.17. The lowest BCUT2D eigenvalue weighted by Gasteiger charge is -2.26. The number of hydrogen-bond donors (Lipinski definition) is 1. The van der Waals surface area contributed by atoms with Crippen LogP contribution in [0.4, 0.5) is 0 Å². The maximum absolute atomic E-state index is 12.0. The molecule has 114 valence electrons. The normalized spacial score (nSPS) is 14.9. The molecular formula is C16H21BrN2O2. The number of halogens is 1. The third kappa shape index (κ3) is 4.56. The van der Waals surface area contributed by atoms with Gasteiger partial charge in [-0.05, 0) is 43.9 Å². The number of carbonyl (C=O) groups is 2. The van der Waals surface area contributed by atoms with Gasteiger partial charge >= 0.3 is 0 Å². The van der Waals surface area contributed by atoms with Gasteiger partial charge in [-0.3, -0.25) is 9.59 Å². The number of nitrogens with one attached hydrogen (secondary N) is 1. The smallest absolute Gasteiger partial charge is 0.251 e. The predicted octanol–water partition coefficient (Wildman–Crippen LogP) is 2.89. The van der Waals surface area contributed by atoms with Crippen LogP contribution in [0.25, 0.3) is 0 Å². The quantitative estimate of drug-likeness (QED) is 0.905. The minimum absolute atomic E-state index is 0.137. The van der Waals surface area contributed by atoms with Crippen molar-refractivity contribution in [1.82, 2.24) is 10.2 Å². The fourth-order valence-electron chi connectivity index (χ4n) is 2.42. The van der Waals surface area contributed by atoms with Crippen LogP contribution in [0.1, 0.15) is 41.6 Å². The van der Waals surface area contributed by atoms with Crippen LogP contribution in [0.5, 0.6) is 0 Å². The van der Waals surface area contributed by atoms with E-state index in [0.29, 0.717) is 18.5 Å². The van der Waals surface area contributed by atoms with Gasteiger partial charge in [0.05, 0.1) is 0 Å². The highest BCUT2D eigenvalue weighted by molar-refractivity contribution is 9.10. The van der Waals surface area contributed by atoms with Gasteiger partial charge in [0.25, 0.3) is 5.91 Å². The minimum Gasteiger partial charge on any atom is -0.352 e. The summed E-state index contributed by atoms with van der Waals surface area (Å²) in [5.74, 6) is 0.00207. The Morgan fingerprint density at radius 3 is 2.62 bits per heavy atom. The van der Waals surface area contributed by atoms with E-state index in [2.05, 4.69) is 21.2 Å². The molecule has 1 aliphatic rings. The molecular weight excluding hydrogens is 332 g/mol. The van der Waals surface area contributed by atoms with Gasteiger partial charge in [0.1, 0.15) is 0 Å². The number of likely N-dealkylation sites (tertiary alicyclic amines) is 1. The van der Waals surface area contributed by atoms with Crippen molar-refractivity contribution in [2.24, 2.45) is 0 Å². The number of aryl methyl sites for hydroxylation is 1. The molecule has 0 aliphatic carbocycles. The summed E-state index contributed by atoms with van der Waals surface area (Å²) in [7, 11) is 0. The average Bonchev–Trinajstić information content (AvgIpc) is 2.50. The average molecular weight is 353 g/mol. The lowest BCUT2D eigenvalue weighted by Crippen LogP contribution is -2.37. The maximum atomic E-state index is 12.0. The first kappa shape index (κ1) is 16.0. The molecule has 0 bridgehead atoms. The third-order valence-corrected chi connectivity index (χ3v) is 4.62. The Kier molecular flexibility index (Phi) is 5.79. The second-order valence-electron chi connectivity index (χ2n) is 5.41. The van der Waals surface area contributed by atoms with Gasteiger partial charge in [0.2, 0.25) is 5.91 Å². The van der Waals surface area contributed by atoms with Crippen LogP contribution in [-0.2, 0) is 4.79 Å². The molecule has 1 heterocycles. The molecule has 21 heavy (non-hydrogen) atoms. The number of benzene rings is 1. The summed E-state index contributed by atoms with van der Waals surface area (Å²) < 4.78 is 0.916. The van der Waals surface area contributed by atoms with Crippen molar-refractivity contribution in [2.45, 2.75) is 32.6 Å². The largest absolute Gasteiger partial charge is 0.352 e. The van der Waals surface area contributed by atoms with E-state index in [1.807, 2.05) is 17.9 Å². The fourth-order valence-corrected chi connectivity index (χ4v) is 2.80. The number of amides is 2. The van der Waals surface area contributed by atoms with Crippen molar-refractivity contribution in [3.63, 3.8) is 0 Å². The molecule has 0 aromatic heterocycles. The molecule has 2 amide bonds. The zero-order chi connectivity index (χ0) is 15.2. The van der Waals surface area contributed by atoms with Gasteiger partial charge in [0, 0.05) is 36.1 Å². The summed E-state index contributed by atoms with van der Waals surface area (Å²) in [6.45, 7) is 4.08. The Balaban J connectivity index is 1.78. The van der Waals surface area contributed by atoms with Gasteiger partial charge in [-0.2, -0.15) is 0 Å². The van der Waals surface area contributed by atoms with E-state index in [4.69, 9.17) is 0 Å². The van der Waals surface area contributed by atoms with Crippen molar-refractivity contribution in [3.8, 4) is 0 Å². The molecule has 0 atom stereocenters. The van der Waals surface area contributed by atoms with E-state index in [-0.39, 0.29) is 11.8 Å². The Morgan fingerprint density at radius 1 is 1.24 bits per heavy atom. The number of rotatable bonds is 4. The summed E-state index contributed by atoms with van der Waals surface area (Å²) in [5.41, 5.74) is 1.70. The van der Waals surface area contributed by atoms with Crippen molar-refractivity contribution < 1.29 is 9.59 Å². The predicted molar refractivity (Wildman–Crippen MR) is 86.3 cm³/mol. The molecule has 1 aromatic carbocycles. The van der Waals surface area contributed by atoms with Crippen molar-refractivity contribution in [2.75, 3.05) is 19.6 Å². The molecule has 0 saturated carbocycles. The summed E-state index contributed by atoms with van der Waals surface area (Å²) >= 11 is 3.42. The molecule has 1 N–H and O–H groups in total. The molecule has 4 nitrogen and oxygen atoms in total. The molecule has 2 rings (SSSR count). The Morgan fingerprint density at radius 2 is 1.95 bits per heavy atom. The van der Waals surface area contributed by atoms with E-state index in [0.717, 1.165) is 36.0 Å². The molecule has 0 spiro atoms. The van der Waals surface area contributed by atoms with Crippen LogP contribution < -0.4 is 5.32 Å². The monoisotopic (exact) mass is 352 g/mol. The summed E-state index contributed by atoms with van der Waals surface area (Å²) in [5, 5.41) is 2.81. The molecule has 0 unspecified atom stereocenters. The highest BCUT2D eigenvalue weighted by atomic mass is 79.9. The molecule has 0 radical (unpaired) electrons. The highest BCUT2D eigenvalue weighted by Gasteiger charge is 2.16. The van der Waals surface area contributed by atoms with Crippen molar-refractivity contribution in [1.29, 1.82) is 0 Å². The minimum atomic E-state index is -0.137. The lowest BCUT2D eigenvalue weighted by molar-refractivity contribution is -0.131. The Labute approximate surface area is 134 Å². The Hall–Kier alpha value is -1.36. The molecule has 5 heteroatoms.